The van der Waals surface area contributed by atoms with Gasteiger partial charge in [-0.25, -0.2) is 4.68 Å². The molecule has 7 nitrogen and oxygen atoms in total. The van der Waals surface area contributed by atoms with Crippen molar-refractivity contribution in [2.24, 2.45) is 5.92 Å². The molecule has 0 aliphatic carbocycles. The molecule has 0 aliphatic rings. The van der Waals surface area contributed by atoms with Crippen LogP contribution in [0.3, 0.4) is 0 Å². The fourth-order valence-electron chi connectivity index (χ4n) is 1.87. The van der Waals surface area contributed by atoms with E-state index in [1.54, 1.807) is 16.0 Å². The summed E-state index contributed by atoms with van der Waals surface area (Å²) in [6.45, 7) is 4.93. The van der Waals surface area contributed by atoms with E-state index in [1.807, 2.05) is 11.4 Å². The van der Waals surface area contributed by atoms with Gasteiger partial charge < -0.3 is 4.52 Å². The highest BCUT2D eigenvalue weighted by molar-refractivity contribution is 7.98. The topological polar surface area (TPSA) is 82.5 Å². The number of thiophene rings is 1. The molecule has 3 aromatic heterocycles. The zero-order chi connectivity index (χ0) is 15.4. The SMILES string of the molecule is CC(C)Cc1noc(CSc2nnnn2Cc2cccs2)n1. The number of aromatic nitrogens is 6. The van der Waals surface area contributed by atoms with Gasteiger partial charge in [0, 0.05) is 11.3 Å². The van der Waals surface area contributed by atoms with Crippen molar-refractivity contribution >= 4 is 23.1 Å². The van der Waals surface area contributed by atoms with Gasteiger partial charge >= 0.3 is 0 Å². The molecular formula is C13H16N6OS2. The molecule has 0 radical (unpaired) electrons. The molecule has 3 rings (SSSR count). The fourth-order valence-corrected chi connectivity index (χ4v) is 3.27. The number of tetrazole rings is 1. The van der Waals surface area contributed by atoms with Crippen LogP contribution in [0.25, 0.3) is 0 Å². The molecule has 0 atom stereocenters. The first-order valence-corrected chi connectivity index (χ1v) is 8.80. The lowest BCUT2D eigenvalue weighted by Gasteiger charge is -2.00. The molecule has 0 aromatic carbocycles. The average Bonchev–Trinajstić information content (AvgIpc) is 3.19. The molecular weight excluding hydrogens is 320 g/mol. The predicted octanol–water partition coefficient (Wildman–Crippen LogP) is 2.66. The highest BCUT2D eigenvalue weighted by Crippen LogP contribution is 2.21. The van der Waals surface area contributed by atoms with Crippen LogP contribution in [0.15, 0.2) is 27.2 Å². The van der Waals surface area contributed by atoms with Crippen LogP contribution in [0.1, 0.15) is 30.4 Å². The Bertz CT molecular complexity index is 706. The van der Waals surface area contributed by atoms with Crippen LogP contribution in [0.2, 0.25) is 0 Å². The summed E-state index contributed by atoms with van der Waals surface area (Å²) in [5, 5.41) is 18.6. The molecule has 0 fully saturated rings. The second kappa shape index (κ2) is 7.01. The van der Waals surface area contributed by atoms with E-state index in [-0.39, 0.29) is 0 Å². The molecule has 0 saturated carbocycles. The average molecular weight is 336 g/mol. The van der Waals surface area contributed by atoms with E-state index in [0.717, 1.165) is 17.4 Å². The van der Waals surface area contributed by atoms with Crippen LogP contribution < -0.4 is 0 Å². The monoisotopic (exact) mass is 336 g/mol. The third-order valence-electron chi connectivity index (χ3n) is 2.81. The highest BCUT2D eigenvalue weighted by Gasteiger charge is 2.12. The van der Waals surface area contributed by atoms with Crippen molar-refractivity contribution in [3.8, 4) is 0 Å². The normalized spacial score (nSPS) is 11.4. The van der Waals surface area contributed by atoms with Gasteiger partial charge in [0.2, 0.25) is 11.0 Å². The van der Waals surface area contributed by atoms with Gasteiger partial charge in [-0.1, -0.05) is 36.8 Å². The summed E-state index contributed by atoms with van der Waals surface area (Å²) in [6, 6.07) is 4.09. The smallest absolute Gasteiger partial charge is 0.237 e. The molecule has 0 bridgehead atoms. The minimum atomic E-state index is 0.510. The van der Waals surface area contributed by atoms with Crippen molar-refractivity contribution in [1.29, 1.82) is 0 Å². The minimum absolute atomic E-state index is 0.510. The van der Waals surface area contributed by atoms with Crippen molar-refractivity contribution in [3.63, 3.8) is 0 Å². The lowest BCUT2D eigenvalue weighted by molar-refractivity contribution is 0.382. The van der Waals surface area contributed by atoms with Crippen molar-refractivity contribution in [1.82, 2.24) is 30.3 Å². The Labute approximate surface area is 136 Å². The van der Waals surface area contributed by atoms with Crippen LogP contribution in [-0.4, -0.2) is 30.3 Å². The first-order valence-electron chi connectivity index (χ1n) is 6.93. The number of nitrogens with zero attached hydrogens (tertiary/aromatic N) is 6. The molecule has 0 N–H and O–H groups in total. The van der Waals surface area contributed by atoms with Gasteiger partial charge in [-0.3, -0.25) is 0 Å². The van der Waals surface area contributed by atoms with Crippen molar-refractivity contribution < 1.29 is 4.52 Å². The maximum Gasteiger partial charge on any atom is 0.237 e. The summed E-state index contributed by atoms with van der Waals surface area (Å²) >= 11 is 3.18. The van der Waals surface area contributed by atoms with E-state index >= 15 is 0 Å². The number of hydrogen-bond acceptors (Lipinski definition) is 8. The third-order valence-corrected chi connectivity index (χ3v) is 4.61. The van der Waals surface area contributed by atoms with Crippen molar-refractivity contribution in [2.75, 3.05) is 0 Å². The Morgan fingerprint density at radius 3 is 3.09 bits per heavy atom. The second-order valence-electron chi connectivity index (χ2n) is 5.19. The van der Waals surface area contributed by atoms with Gasteiger partial charge in [0.05, 0.1) is 12.3 Å². The second-order valence-corrected chi connectivity index (χ2v) is 7.16. The molecule has 3 heterocycles. The lowest BCUT2D eigenvalue weighted by Crippen LogP contribution is -2.02. The van der Waals surface area contributed by atoms with Gasteiger partial charge in [-0.2, -0.15) is 4.98 Å². The molecule has 3 aromatic rings. The van der Waals surface area contributed by atoms with Gasteiger partial charge in [0.15, 0.2) is 5.82 Å². The van der Waals surface area contributed by atoms with E-state index in [0.29, 0.717) is 24.1 Å². The number of hydrogen-bond donors (Lipinski definition) is 0. The van der Waals surface area contributed by atoms with Gasteiger partial charge in [0.1, 0.15) is 0 Å². The first kappa shape index (κ1) is 15.2. The zero-order valence-electron chi connectivity index (χ0n) is 12.3. The Morgan fingerprint density at radius 2 is 2.32 bits per heavy atom. The Balaban J connectivity index is 1.60. The summed E-state index contributed by atoms with van der Waals surface area (Å²) in [6.07, 6.45) is 0.824. The maximum absolute atomic E-state index is 5.25. The predicted molar refractivity (Wildman–Crippen MR) is 83.6 cm³/mol. The molecule has 0 aliphatic heterocycles. The highest BCUT2D eigenvalue weighted by atomic mass is 32.2. The van der Waals surface area contributed by atoms with Crippen LogP contribution in [0, 0.1) is 5.92 Å². The van der Waals surface area contributed by atoms with Crippen LogP contribution in [-0.2, 0) is 18.7 Å². The lowest BCUT2D eigenvalue weighted by atomic mass is 10.1. The van der Waals surface area contributed by atoms with Crippen molar-refractivity contribution in [2.45, 2.75) is 37.7 Å². The molecule has 0 unspecified atom stereocenters. The molecule has 9 heteroatoms. The number of thioether (sulfide) groups is 1. The largest absolute Gasteiger partial charge is 0.338 e. The summed E-state index contributed by atoms with van der Waals surface area (Å²) < 4.78 is 7.03. The maximum atomic E-state index is 5.25. The van der Waals surface area contributed by atoms with Gasteiger partial charge in [-0.05, 0) is 27.8 Å². The summed E-state index contributed by atoms with van der Waals surface area (Å²) in [7, 11) is 0. The summed E-state index contributed by atoms with van der Waals surface area (Å²) in [5.74, 6) is 2.43. The van der Waals surface area contributed by atoms with Gasteiger partial charge in [-0.15, -0.1) is 16.4 Å². The van der Waals surface area contributed by atoms with Crippen LogP contribution in [0.4, 0.5) is 0 Å². The molecule has 0 saturated heterocycles. The zero-order valence-corrected chi connectivity index (χ0v) is 14.0. The third kappa shape index (κ3) is 3.92. The van der Waals surface area contributed by atoms with E-state index in [4.69, 9.17) is 4.52 Å². The van der Waals surface area contributed by atoms with Crippen LogP contribution >= 0.6 is 23.1 Å². The van der Waals surface area contributed by atoms with Crippen molar-refractivity contribution in [3.05, 3.63) is 34.1 Å². The summed E-state index contributed by atoms with van der Waals surface area (Å²) in [4.78, 5) is 5.59. The summed E-state index contributed by atoms with van der Waals surface area (Å²) in [5.41, 5.74) is 0. The Hall–Kier alpha value is -1.74. The van der Waals surface area contributed by atoms with E-state index in [1.165, 1.54) is 16.6 Å². The quantitative estimate of drug-likeness (QED) is 0.613. The molecule has 0 amide bonds. The minimum Gasteiger partial charge on any atom is -0.338 e. The molecule has 22 heavy (non-hydrogen) atoms. The number of rotatable bonds is 7. The Morgan fingerprint density at radius 1 is 1.41 bits per heavy atom. The first-order chi connectivity index (χ1) is 10.7. The van der Waals surface area contributed by atoms with Crippen LogP contribution in [0.5, 0.6) is 0 Å². The van der Waals surface area contributed by atoms with E-state index in [2.05, 4.69) is 45.6 Å². The fraction of sp³-hybridized carbons (Fsp3) is 0.462. The van der Waals surface area contributed by atoms with E-state index in [9.17, 15) is 0 Å². The standard InChI is InChI=1S/C13H16N6OS2/c1-9(2)6-11-14-12(20-16-11)8-22-13-15-17-18-19(13)7-10-4-3-5-21-10/h3-5,9H,6-8H2,1-2H3. The molecule has 0 spiro atoms. The molecule has 116 valence electrons. The Kier molecular flexibility index (Phi) is 4.84. The van der Waals surface area contributed by atoms with Gasteiger partial charge in [0.25, 0.3) is 0 Å². The van der Waals surface area contributed by atoms with E-state index < -0.39 is 0 Å².